The van der Waals surface area contributed by atoms with E-state index in [9.17, 15) is 0 Å². The Balaban J connectivity index is 3.38. The number of rotatable bonds is 8. The SMILES string of the molecule is C=CCCCC(C=C)CCCI. The van der Waals surface area contributed by atoms with Crippen LogP contribution in [-0.4, -0.2) is 4.43 Å². The molecule has 0 aliphatic heterocycles. The highest BCUT2D eigenvalue weighted by Gasteiger charge is 2.01. The number of alkyl halides is 1. The number of hydrogen-bond donors (Lipinski definition) is 0. The maximum Gasteiger partial charge on any atom is -0.000452 e. The Morgan fingerprint density at radius 3 is 2.33 bits per heavy atom. The van der Waals surface area contributed by atoms with Gasteiger partial charge in [0, 0.05) is 0 Å². The quantitative estimate of drug-likeness (QED) is 0.268. The van der Waals surface area contributed by atoms with E-state index in [0.717, 1.165) is 12.3 Å². The molecular formula is C11H19I. The zero-order valence-electron chi connectivity index (χ0n) is 7.77. The summed E-state index contributed by atoms with van der Waals surface area (Å²) < 4.78 is 1.27. The average molecular weight is 278 g/mol. The van der Waals surface area contributed by atoms with Crippen LogP contribution in [0.2, 0.25) is 0 Å². The van der Waals surface area contributed by atoms with Crippen LogP contribution in [-0.2, 0) is 0 Å². The van der Waals surface area contributed by atoms with Gasteiger partial charge in [-0.25, -0.2) is 0 Å². The van der Waals surface area contributed by atoms with E-state index in [1.54, 1.807) is 0 Å². The van der Waals surface area contributed by atoms with Crippen molar-refractivity contribution in [2.45, 2.75) is 32.1 Å². The smallest absolute Gasteiger partial charge is 0.000452 e. The van der Waals surface area contributed by atoms with E-state index in [1.807, 2.05) is 6.08 Å². The maximum absolute atomic E-state index is 3.86. The molecule has 0 N–H and O–H groups in total. The van der Waals surface area contributed by atoms with E-state index in [4.69, 9.17) is 0 Å². The van der Waals surface area contributed by atoms with Gasteiger partial charge >= 0.3 is 0 Å². The highest BCUT2D eigenvalue weighted by molar-refractivity contribution is 14.1. The lowest BCUT2D eigenvalue weighted by molar-refractivity contribution is 0.523. The van der Waals surface area contributed by atoms with E-state index in [-0.39, 0.29) is 0 Å². The standard InChI is InChI=1S/C11H19I/c1-3-5-6-8-11(4-2)9-7-10-12/h3-4,11H,1-2,5-10H2. The molecule has 0 aliphatic carbocycles. The molecule has 1 unspecified atom stereocenters. The van der Waals surface area contributed by atoms with Crippen LogP contribution in [0.1, 0.15) is 32.1 Å². The van der Waals surface area contributed by atoms with E-state index in [0.29, 0.717) is 0 Å². The molecule has 70 valence electrons. The number of hydrogen-bond acceptors (Lipinski definition) is 0. The largest absolute Gasteiger partial charge is 0.103 e. The van der Waals surface area contributed by atoms with Crippen LogP contribution in [0.5, 0.6) is 0 Å². The summed E-state index contributed by atoms with van der Waals surface area (Å²) >= 11 is 2.43. The fraction of sp³-hybridized carbons (Fsp3) is 0.636. The van der Waals surface area contributed by atoms with Crippen LogP contribution < -0.4 is 0 Å². The second-order valence-corrected chi connectivity index (χ2v) is 4.13. The van der Waals surface area contributed by atoms with Crippen molar-refractivity contribution in [2.24, 2.45) is 5.92 Å². The maximum atomic E-state index is 3.86. The Hall–Kier alpha value is 0.210. The van der Waals surface area contributed by atoms with Gasteiger partial charge in [0.05, 0.1) is 0 Å². The molecule has 0 radical (unpaired) electrons. The summed E-state index contributed by atoms with van der Waals surface area (Å²) in [6, 6.07) is 0. The van der Waals surface area contributed by atoms with Crippen molar-refractivity contribution in [1.29, 1.82) is 0 Å². The minimum atomic E-state index is 0.736. The first-order chi connectivity index (χ1) is 5.85. The van der Waals surface area contributed by atoms with Crippen molar-refractivity contribution in [3.8, 4) is 0 Å². The first-order valence-electron chi connectivity index (χ1n) is 4.64. The number of halogens is 1. The summed E-state index contributed by atoms with van der Waals surface area (Å²) in [5.41, 5.74) is 0. The molecule has 0 saturated heterocycles. The monoisotopic (exact) mass is 278 g/mol. The molecule has 0 aliphatic rings. The van der Waals surface area contributed by atoms with Gasteiger partial charge in [0.1, 0.15) is 0 Å². The summed E-state index contributed by atoms with van der Waals surface area (Å²) in [6.45, 7) is 7.58. The van der Waals surface area contributed by atoms with Crippen LogP contribution in [0.3, 0.4) is 0 Å². The Kier molecular flexibility index (Phi) is 9.46. The minimum Gasteiger partial charge on any atom is -0.103 e. The molecule has 12 heavy (non-hydrogen) atoms. The van der Waals surface area contributed by atoms with E-state index >= 15 is 0 Å². The van der Waals surface area contributed by atoms with Crippen molar-refractivity contribution in [2.75, 3.05) is 4.43 Å². The molecule has 0 fully saturated rings. The lowest BCUT2D eigenvalue weighted by atomic mass is 9.97. The van der Waals surface area contributed by atoms with Crippen molar-refractivity contribution in [3.05, 3.63) is 25.3 Å². The predicted molar refractivity (Wildman–Crippen MR) is 65.9 cm³/mol. The van der Waals surface area contributed by atoms with Crippen molar-refractivity contribution >= 4 is 22.6 Å². The van der Waals surface area contributed by atoms with Crippen molar-refractivity contribution in [1.82, 2.24) is 0 Å². The Labute approximate surface area is 90.3 Å². The molecule has 0 bridgehead atoms. The first-order valence-corrected chi connectivity index (χ1v) is 6.17. The molecule has 0 aromatic rings. The Bertz CT molecular complexity index is 118. The average Bonchev–Trinajstić information content (AvgIpc) is 2.11. The fourth-order valence-corrected chi connectivity index (χ4v) is 1.68. The van der Waals surface area contributed by atoms with Crippen molar-refractivity contribution in [3.63, 3.8) is 0 Å². The lowest BCUT2D eigenvalue weighted by Gasteiger charge is -2.09. The van der Waals surface area contributed by atoms with Gasteiger partial charge in [-0.2, -0.15) is 0 Å². The molecule has 0 aromatic carbocycles. The van der Waals surface area contributed by atoms with Crippen LogP contribution >= 0.6 is 22.6 Å². The lowest BCUT2D eigenvalue weighted by Crippen LogP contribution is -1.96. The van der Waals surface area contributed by atoms with Gasteiger partial charge in [-0.05, 0) is 42.4 Å². The molecule has 1 atom stereocenters. The third-order valence-corrected chi connectivity index (χ3v) is 2.79. The first kappa shape index (κ1) is 12.2. The highest BCUT2D eigenvalue weighted by atomic mass is 127. The third kappa shape index (κ3) is 6.89. The topological polar surface area (TPSA) is 0 Å². The van der Waals surface area contributed by atoms with E-state index in [1.165, 1.54) is 30.1 Å². The summed E-state index contributed by atoms with van der Waals surface area (Å²) in [5.74, 6) is 0.736. The molecule has 0 heterocycles. The summed E-state index contributed by atoms with van der Waals surface area (Å²) in [6.07, 6.45) is 10.4. The molecule has 0 nitrogen and oxygen atoms in total. The zero-order valence-corrected chi connectivity index (χ0v) is 9.92. The fourth-order valence-electron chi connectivity index (χ4n) is 1.24. The van der Waals surface area contributed by atoms with Crippen LogP contribution in [0, 0.1) is 5.92 Å². The van der Waals surface area contributed by atoms with Gasteiger partial charge in [0.2, 0.25) is 0 Å². The molecule has 1 heteroatoms. The summed E-state index contributed by atoms with van der Waals surface area (Å²) in [5, 5.41) is 0. The van der Waals surface area contributed by atoms with Crippen LogP contribution in [0.25, 0.3) is 0 Å². The molecule has 0 spiro atoms. The van der Waals surface area contributed by atoms with Crippen LogP contribution in [0.4, 0.5) is 0 Å². The van der Waals surface area contributed by atoms with Gasteiger partial charge in [-0.3, -0.25) is 0 Å². The number of allylic oxidation sites excluding steroid dienone is 2. The van der Waals surface area contributed by atoms with Gasteiger partial charge in [0.15, 0.2) is 0 Å². The summed E-state index contributed by atoms with van der Waals surface area (Å²) in [7, 11) is 0. The molecule has 0 saturated carbocycles. The van der Waals surface area contributed by atoms with Crippen molar-refractivity contribution < 1.29 is 0 Å². The van der Waals surface area contributed by atoms with Crippen LogP contribution in [0.15, 0.2) is 25.3 Å². The second-order valence-electron chi connectivity index (χ2n) is 3.05. The molecule has 0 amide bonds. The van der Waals surface area contributed by atoms with Gasteiger partial charge < -0.3 is 0 Å². The predicted octanol–water partition coefficient (Wildman–Crippen LogP) is 4.36. The van der Waals surface area contributed by atoms with Gasteiger partial charge in [-0.1, -0.05) is 34.7 Å². The molecular weight excluding hydrogens is 259 g/mol. The van der Waals surface area contributed by atoms with E-state index < -0.39 is 0 Å². The minimum absolute atomic E-state index is 0.736. The summed E-state index contributed by atoms with van der Waals surface area (Å²) in [4.78, 5) is 0. The zero-order chi connectivity index (χ0) is 9.23. The van der Waals surface area contributed by atoms with Gasteiger partial charge in [-0.15, -0.1) is 13.2 Å². The highest BCUT2D eigenvalue weighted by Crippen LogP contribution is 2.16. The van der Waals surface area contributed by atoms with E-state index in [2.05, 4.69) is 41.8 Å². The Morgan fingerprint density at radius 2 is 1.83 bits per heavy atom. The number of unbranched alkanes of at least 4 members (excludes halogenated alkanes) is 1. The third-order valence-electron chi connectivity index (χ3n) is 2.03. The van der Waals surface area contributed by atoms with Gasteiger partial charge in [0.25, 0.3) is 0 Å². The normalized spacial score (nSPS) is 12.4. The molecule has 0 rings (SSSR count). The Morgan fingerprint density at radius 1 is 1.17 bits per heavy atom. The molecule has 0 aromatic heterocycles. The second kappa shape index (κ2) is 9.30.